The lowest BCUT2D eigenvalue weighted by Crippen LogP contribution is -2.55. The fraction of sp³-hybridized carbons (Fsp3) is 0.588. The predicted molar refractivity (Wildman–Crippen MR) is 82.1 cm³/mol. The number of β-amino-alcohol motifs (C(OH)–C–C–N with tert-alkyl or cyclic N) is 1. The van der Waals surface area contributed by atoms with Gasteiger partial charge in [0.15, 0.2) is 11.6 Å². The van der Waals surface area contributed by atoms with Crippen molar-refractivity contribution in [1.82, 2.24) is 9.80 Å². The molecule has 1 atom stereocenters. The van der Waals surface area contributed by atoms with E-state index in [-0.39, 0.29) is 12.1 Å². The quantitative estimate of drug-likeness (QED) is 0.925. The summed E-state index contributed by atoms with van der Waals surface area (Å²) in [6.07, 6.45) is 3.55. The molecule has 2 heterocycles. The lowest BCUT2D eigenvalue weighted by Gasteiger charge is -2.41. The molecule has 2 aliphatic heterocycles. The number of hydrogen-bond donors (Lipinski definition) is 1. The smallest absolute Gasteiger partial charge is 0.257 e. The van der Waals surface area contributed by atoms with Crippen LogP contribution in [0.3, 0.4) is 0 Å². The number of piperidine rings is 1. The molecule has 2 saturated heterocycles. The van der Waals surface area contributed by atoms with E-state index in [0.29, 0.717) is 25.9 Å². The van der Waals surface area contributed by atoms with Crippen molar-refractivity contribution in [2.75, 3.05) is 32.7 Å². The van der Waals surface area contributed by atoms with E-state index >= 15 is 0 Å². The van der Waals surface area contributed by atoms with E-state index in [4.69, 9.17) is 0 Å². The molecule has 0 spiro atoms. The number of amides is 1. The molecular formula is C17H22F2N2O2. The van der Waals surface area contributed by atoms with Crippen molar-refractivity contribution in [2.24, 2.45) is 0 Å². The highest BCUT2D eigenvalue weighted by Crippen LogP contribution is 2.26. The third-order valence-corrected chi connectivity index (χ3v) is 4.74. The average Bonchev–Trinajstić information content (AvgIpc) is 3.01. The second-order valence-corrected chi connectivity index (χ2v) is 6.64. The second kappa shape index (κ2) is 6.53. The molecule has 0 aromatic heterocycles. The number of nitrogens with zero attached hydrogens (tertiary/aromatic N) is 2. The zero-order valence-corrected chi connectivity index (χ0v) is 13.1. The molecule has 1 unspecified atom stereocenters. The average molecular weight is 324 g/mol. The number of carbonyl (C=O) groups is 1. The van der Waals surface area contributed by atoms with Gasteiger partial charge in [0, 0.05) is 13.1 Å². The number of halogens is 2. The standard InChI is InChI=1S/C17H22F2N2O2/c18-14-6-3-5-13(15(14)19)16(22)21-10-4-7-17(23,12-21)11-20-8-1-2-9-20/h3,5-6,23H,1-2,4,7-12H2. The van der Waals surface area contributed by atoms with Crippen LogP contribution in [0.1, 0.15) is 36.0 Å². The Kier molecular flexibility index (Phi) is 4.64. The van der Waals surface area contributed by atoms with E-state index in [1.165, 1.54) is 17.0 Å². The molecule has 1 aromatic rings. The van der Waals surface area contributed by atoms with E-state index in [2.05, 4.69) is 4.90 Å². The Morgan fingerprint density at radius 1 is 1.17 bits per heavy atom. The van der Waals surface area contributed by atoms with Crippen molar-refractivity contribution in [3.8, 4) is 0 Å². The van der Waals surface area contributed by atoms with E-state index in [1.807, 2.05) is 0 Å². The summed E-state index contributed by atoms with van der Waals surface area (Å²) in [7, 11) is 0. The molecular weight excluding hydrogens is 302 g/mol. The van der Waals surface area contributed by atoms with E-state index in [0.717, 1.165) is 32.0 Å². The van der Waals surface area contributed by atoms with Crippen LogP contribution in [-0.4, -0.2) is 59.1 Å². The Bertz CT molecular complexity index is 590. The molecule has 126 valence electrons. The van der Waals surface area contributed by atoms with Crippen LogP contribution in [0, 0.1) is 11.6 Å². The summed E-state index contributed by atoms with van der Waals surface area (Å²) < 4.78 is 27.2. The first-order valence-electron chi connectivity index (χ1n) is 8.17. The van der Waals surface area contributed by atoms with Crippen LogP contribution >= 0.6 is 0 Å². The van der Waals surface area contributed by atoms with Gasteiger partial charge in [-0.3, -0.25) is 4.79 Å². The Morgan fingerprint density at radius 3 is 2.65 bits per heavy atom. The first-order valence-corrected chi connectivity index (χ1v) is 8.17. The molecule has 3 rings (SSSR count). The molecule has 1 amide bonds. The lowest BCUT2D eigenvalue weighted by atomic mass is 9.91. The molecule has 0 radical (unpaired) electrons. The fourth-order valence-corrected chi connectivity index (χ4v) is 3.61. The number of hydrogen-bond acceptors (Lipinski definition) is 3. The first-order chi connectivity index (χ1) is 11.0. The van der Waals surface area contributed by atoms with Gasteiger partial charge in [-0.15, -0.1) is 0 Å². The van der Waals surface area contributed by atoms with Gasteiger partial charge in [-0.1, -0.05) is 6.07 Å². The van der Waals surface area contributed by atoms with E-state index < -0.39 is 23.1 Å². The van der Waals surface area contributed by atoms with Gasteiger partial charge in [-0.2, -0.15) is 0 Å². The number of likely N-dealkylation sites (tertiary alicyclic amines) is 2. The molecule has 2 fully saturated rings. The molecule has 23 heavy (non-hydrogen) atoms. The Morgan fingerprint density at radius 2 is 1.91 bits per heavy atom. The van der Waals surface area contributed by atoms with Crippen LogP contribution in [0.25, 0.3) is 0 Å². The zero-order chi connectivity index (χ0) is 16.4. The Balaban J connectivity index is 1.72. The SMILES string of the molecule is O=C(c1cccc(F)c1F)N1CCCC(O)(CN2CCCC2)C1. The Labute approximate surface area is 134 Å². The van der Waals surface area contributed by atoms with Crippen molar-refractivity contribution in [1.29, 1.82) is 0 Å². The molecule has 4 nitrogen and oxygen atoms in total. The lowest BCUT2D eigenvalue weighted by molar-refractivity contribution is -0.0432. The summed E-state index contributed by atoms with van der Waals surface area (Å²) in [5, 5.41) is 10.8. The number of benzene rings is 1. The van der Waals surface area contributed by atoms with E-state index in [1.54, 1.807) is 0 Å². The summed E-state index contributed by atoms with van der Waals surface area (Å²) >= 11 is 0. The topological polar surface area (TPSA) is 43.8 Å². The molecule has 1 N–H and O–H groups in total. The van der Waals surface area contributed by atoms with Crippen molar-refractivity contribution in [3.05, 3.63) is 35.4 Å². The minimum absolute atomic E-state index is 0.165. The summed E-state index contributed by atoms with van der Waals surface area (Å²) in [5.74, 6) is -2.70. The van der Waals surface area contributed by atoms with Crippen molar-refractivity contribution in [3.63, 3.8) is 0 Å². The fourth-order valence-electron chi connectivity index (χ4n) is 3.61. The van der Waals surface area contributed by atoms with Gasteiger partial charge in [0.2, 0.25) is 0 Å². The highest BCUT2D eigenvalue weighted by molar-refractivity contribution is 5.94. The van der Waals surface area contributed by atoms with Crippen LogP contribution in [-0.2, 0) is 0 Å². The highest BCUT2D eigenvalue weighted by Gasteiger charge is 2.38. The largest absolute Gasteiger partial charge is 0.387 e. The van der Waals surface area contributed by atoms with Crippen LogP contribution in [0.4, 0.5) is 8.78 Å². The van der Waals surface area contributed by atoms with E-state index in [9.17, 15) is 18.7 Å². The molecule has 0 saturated carbocycles. The van der Waals surface area contributed by atoms with Crippen molar-refractivity contribution >= 4 is 5.91 Å². The maximum atomic E-state index is 13.8. The normalized spacial score (nSPS) is 25.8. The molecule has 0 aliphatic carbocycles. The van der Waals surface area contributed by atoms with Gasteiger partial charge in [0.1, 0.15) is 0 Å². The van der Waals surface area contributed by atoms with Crippen LogP contribution in [0.5, 0.6) is 0 Å². The summed E-state index contributed by atoms with van der Waals surface area (Å²) in [4.78, 5) is 16.1. The maximum absolute atomic E-state index is 13.8. The van der Waals surface area contributed by atoms with Crippen LogP contribution < -0.4 is 0 Å². The zero-order valence-electron chi connectivity index (χ0n) is 13.1. The summed E-state index contributed by atoms with van der Waals surface area (Å²) in [6, 6.07) is 3.60. The molecule has 6 heteroatoms. The van der Waals surface area contributed by atoms with Crippen molar-refractivity contribution < 1.29 is 18.7 Å². The minimum Gasteiger partial charge on any atom is -0.387 e. The number of rotatable bonds is 3. The minimum atomic E-state index is -1.12. The first kappa shape index (κ1) is 16.3. The van der Waals surface area contributed by atoms with Crippen LogP contribution in [0.15, 0.2) is 18.2 Å². The van der Waals surface area contributed by atoms with Crippen molar-refractivity contribution in [2.45, 2.75) is 31.3 Å². The van der Waals surface area contributed by atoms with Crippen LogP contribution in [0.2, 0.25) is 0 Å². The number of aliphatic hydroxyl groups is 1. The number of carbonyl (C=O) groups excluding carboxylic acids is 1. The molecule has 0 bridgehead atoms. The van der Waals surface area contributed by atoms with Gasteiger partial charge in [-0.05, 0) is 50.9 Å². The molecule has 2 aliphatic rings. The summed E-state index contributed by atoms with van der Waals surface area (Å²) in [6.45, 7) is 3.08. The van der Waals surface area contributed by atoms with Gasteiger partial charge in [0.05, 0.1) is 17.7 Å². The van der Waals surface area contributed by atoms with Gasteiger partial charge in [0.25, 0.3) is 5.91 Å². The third-order valence-electron chi connectivity index (χ3n) is 4.74. The second-order valence-electron chi connectivity index (χ2n) is 6.64. The maximum Gasteiger partial charge on any atom is 0.257 e. The highest BCUT2D eigenvalue weighted by atomic mass is 19.2. The van der Waals surface area contributed by atoms with Gasteiger partial charge < -0.3 is 14.9 Å². The predicted octanol–water partition coefficient (Wildman–Crippen LogP) is 2.03. The third kappa shape index (κ3) is 3.53. The molecule has 1 aromatic carbocycles. The summed E-state index contributed by atoms with van der Waals surface area (Å²) in [5.41, 5.74) is -1.24. The monoisotopic (exact) mass is 324 g/mol. The van der Waals surface area contributed by atoms with Gasteiger partial charge in [-0.25, -0.2) is 8.78 Å². The van der Waals surface area contributed by atoms with Gasteiger partial charge >= 0.3 is 0 Å². The Hall–Kier alpha value is -1.53.